The van der Waals surface area contributed by atoms with Crippen molar-refractivity contribution < 1.29 is 4.74 Å². The summed E-state index contributed by atoms with van der Waals surface area (Å²) in [6.45, 7) is 5.99. The standard InChI is InChI=1S/C15H23N5O/c1-4-7-16-13(15-17-8-6-9-18-15)14-12(21-3)11-19-20(14)10-5-2/h6,8-9,11,13,16H,4-5,7,10H2,1-3H3. The second-order valence-corrected chi connectivity index (χ2v) is 4.82. The largest absolute Gasteiger partial charge is 0.493 e. The number of ether oxygens (including phenoxy) is 1. The Hall–Kier alpha value is -1.95. The van der Waals surface area contributed by atoms with Crippen LogP contribution >= 0.6 is 0 Å². The Morgan fingerprint density at radius 2 is 2.00 bits per heavy atom. The summed E-state index contributed by atoms with van der Waals surface area (Å²) >= 11 is 0. The molecule has 114 valence electrons. The highest BCUT2D eigenvalue weighted by molar-refractivity contribution is 5.32. The van der Waals surface area contributed by atoms with E-state index in [-0.39, 0.29) is 6.04 Å². The van der Waals surface area contributed by atoms with E-state index >= 15 is 0 Å². The average Bonchev–Trinajstić information content (AvgIpc) is 2.92. The molecule has 2 heterocycles. The van der Waals surface area contributed by atoms with Crippen LogP contribution in [0.25, 0.3) is 0 Å². The first-order valence-electron chi connectivity index (χ1n) is 7.41. The SMILES string of the molecule is CCCNC(c1ncccn1)c1c(OC)cnn1CCC. The molecular formula is C15H23N5O. The first kappa shape index (κ1) is 15.4. The van der Waals surface area contributed by atoms with Crippen LogP contribution in [0.5, 0.6) is 5.75 Å². The Balaban J connectivity index is 2.42. The molecule has 1 atom stereocenters. The summed E-state index contributed by atoms with van der Waals surface area (Å²) in [6.07, 6.45) is 7.32. The highest BCUT2D eigenvalue weighted by Gasteiger charge is 2.25. The molecular weight excluding hydrogens is 266 g/mol. The predicted octanol–water partition coefficient (Wildman–Crippen LogP) is 2.18. The number of nitrogens with one attached hydrogen (secondary N) is 1. The van der Waals surface area contributed by atoms with Gasteiger partial charge in [0, 0.05) is 18.9 Å². The maximum atomic E-state index is 5.48. The van der Waals surface area contributed by atoms with E-state index in [1.54, 1.807) is 25.7 Å². The van der Waals surface area contributed by atoms with Gasteiger partial charge in [-0.3, -0.25) is 4.68 Å². The molecule has 21 heavy (non-hydrogen) atoms. The molecule has 6 heteroatoms. The van der Waals surface area contributed by atoms with Gasteiger partial charge in [-0.05, 0) is 25.5 Å². The maximum absolute atomic E-state index is 5.48. The van der Waals surface area contributed by atoms with Gasteiger partial charge in [0.2, 0.25) is 0 Å². The summed E-state index contributed by atoms with van der Waals surface area (Å²) in [5.41, 5.74) is 0.985. The molecule has 0 spiro atoms. The van der Waals surface area contributed by atoms with Gasteiger partial charge in [0.1, 0.15) is 11.7 Å². The van der Waals surface area contributed by atoms with Crippen molar-refractivity contribution in [2.24, 2.45) is 0 Å². The lowest BCUT2D eigenvalue weighted by Crippen LogP contribution is -2.28. The molecule has 0 aliphatic carbocycles. The number of hydrogen-bond donors (Lipinski definition) is 1. The minimum atomic E-state index is -0.116. The number of aromatic nitrogens is 4. The van der Waals surface area contributed by atoms with Crippen LogP contribution in [0.3, 0.4) is 0 Å². The quantitative estimate of drug-likeness (QED) is 0.807. The van der Waals surface area contributed by atoms with Crippen molar-refractivity contribution in [3.8, 4) is 5.75 Å². The fraction of sp³-hybridized carbons (Fsp3) is 0.533. The molecule has 0 bridgehead atoms. The van der Waals surface area contributed by atoms with Crippen molar-refractivity contribution >= 4 is 0 Å². The lowest BCUT2D eigenvalue weighted by Gasteiger charge is -2.19. The summed E-state index contributed by atoms with van der Waals surface area (Å²) in [7, 11) is 1.67. The summed E-state index contributed by atoms with van der Waals surface area (Å²) < 4.78 is 7.45. The normalized spacial score (nSPS) is 12.3. The minimum Gasteiger partial charge on any atom is -0.493 e. The van der Waals surface area contributed by atoms with Gasteiger partial charge in [-0.15, -0.1) is 0 Å². The van der Waals surface area contributed by atoms with Gasteiger partial charge in [-0.25, -0.2) is 9.97 Å². The molecule has 0 saturated heterocycles. The molecule has 2 aromatic rings. The molecule has 0 fully saturated rings. The molecule has 0 saturated carbocycles. The summed E-state index contributed by atoms with van der Waals surface area (Å²) in [6, 6.07) is 1.70. The molecule has 6 nitrogen and oxygen atoms in total. The smallest absolute Gasteiger partial charge is 0.162 e. The van der Waals surface area contributed by atoms with Crippen LogP contribution in [0.15, 0.2) is 24.7 Å². The van der Waals surface area contributed by atoms with Gasteiger partial charge >= 0.3 is 0 Å². The van der Waals surface area contributed by atoms with Crippen molar-refractivity contribution in [1.29, 1.82) is 0 Å². The van der Waals surface area contributed by atoms with Crippen LogP contribution in [0.1, 0.15) is 44.2 Å². The third-order valence-electron chi connectivity index (χ3n) is 3.22. The monoisotopic (exact) mass is 289 g/mol. The molecule has 1 unspecified atom stereocenters. The van der Waals surface area contributed by atoms with Crippen molar-refractivity contribution in [2.75, 3.05) is 13.7 Å². The lowest BCUT2D eigenvalue weighted by molar-refractivity contribution is 0.395. The summed E-state index contributed by atoms with van der Waals surface area (Å²) in [5, 5.41) is 7.92. The Morgan fingerprint density at radius 1 is 1.24 bits per heavy atom. The van der Waals surface area contributed by atoms with Crippen LogP contribution in [0.4, 0.5) is 0 Å². The van der Waals surface area contributed by atoms with E-state index in [1.165, 1.54) is 0 Å². The highest BCUT2D eigenvalue weighted by atomic mass is 16.5. The van der Waals surface area contributed by atoms with Gasteiger partial charge in [0.25, 0.3) is 0 Å². The second kappa shape index (κ2) is 7.73. The first-order valence-corrected chi connectivity index (χ1v) is 7.41. The number of methoxy groups -OCH3 is 1. The van der Waals surface area contributed by atoms with Crippen LogP contribution < -0.4 is 10.1 Å². The average molecular weight is 289 g/mol. The number of hydrogen-bond acceptors (Lipinski definition) is 5. The fourth-order valence-electron chi connectivity index (χ4n) is 2.27. The van der Waals surface area contributed by atoms with E-state index in [1.807, 2.05) is 10.7 Å². The zero-order chi connectivity index (χ0) is 15.1. The van der Waals surface area contributed by atoms with Crippen molar-refractivity contribution in [3.63, 3.8) is 0 Å². The van der Waals surface area contributed by atoms with Gasteiger partial charge in [-0.1, -0.05) is 13.8 Å². The number of rotatable bonds is 8. The van der Waals surface area contributed by atoms with Crippen molar-refractivity contribution in [3.05, 3.63) is 36.2 Å². The molecule has 0 radical (unpaired) electrons. The van der Waals surface area contributed by atoms with Crippen molar-refractivity contribution in [2.45, 2.75) is 39.3 Å². The molecule has 0 aromatic carbocycles. The molecule has 2 aromatic heterocycles. The Morgan fingerprint density at radius 3 is 2.62 bits per heavy atom. The van der Waals surface area contributed by atoms with Crippen LogP contribution in [0.2, 0.25) is 0 Å². The van der Waals surface area contributed by atoms with E-state index in [0.717, 1.165) is 43.2 Å². The fourth-order valence-corrected chi connectivity index (χ4v) is 2.27. The van der Waals surface area contributed by atoms with Crippen LogP contribution in [-0.4, -0.2) is 33.4 Å². The van der Waals surface area contributed by atoms with E-state index < -0.39 is 0 Å². The van der Waals surface area contributed by atoms with E-state index in [9.17, 15) is 0 Å². The Kier molecular flexibility index (Phi) is 5.68. The lowest BCUT2D eigenvalue weighted by atomic mass is 10.1. The zero-order valence-corrected chi connectivity index (χ0v) is 12.9. The topological polar surface area (TPSA) is 64.9 Å². The van der Waals surface area contributed by atoms with Gasteiger partial charge < -0.3 is 10.1 Å². The Labute approximate surface area is 125 Å². The second-order valence-electron chi connectivity index (χ2n) is 4.82. The molecule has 0 amide bonds. The van der Waals surface area contributed by atoms with E-state index in [0.29, 0.717) is 0 Å². The predicted molar refractivity (Wildman–Crippen MR) is 81.2 cm³/mol. The van der Waals surface area contributed by atoms with Crippen molar-refractivity contribution in [1.82, 2.24) is 25.1 Å². The molecule has 1 N–H and O–H groups in total. The first-order chi connectivity index (χ1) is 10.3. The summed E-state index contributed by atoms with van der Waals surface area (Å²) in [5.74, 6) is 1.51. The Bertz CT molecular complexity index is 540. The van der Waals surface area contributed by atoms with Crippen LogP contribution in [0, 0.1) is 0 Å². The van der Waals surface area contributed by atoms with Crippen LogP contribution in [-0.2, 0) is 6.54 Å². The molecule has 0 aliphatic heterocycles. The van der Waals surface area contributed by atoms with E-state index in [2.05, 4.69) is 34.2 Å². The van der Waals surface area contributed by atoms with E-state index in [4.69, 9.17) is 4.74 Å². The van der Waals surface area contributed by atoms with Gasteiger partial charge in [-0.2, -0.15) is 5.10 Å². The number of aryl methyl sites for hydroxylation is 1. The number of nitrogens with zero attached hydrogens (tertiary/aromatic N) is 4. The zero-order valence-electron chi connectivity index (χ0n) is 12.9. The molecule has 0 aliphatic rings. The van der Waals surface area contributed by atoms with Gasteiger partial charge in [0.15, 0.2) is 11.6 Å². The third-order valence-corrected chi connectivity index (χ3v) is 3.22. The summed E-state index contributed by atoms with van der Waals surface area (Å²) in [4.78, 5) is 8.79. The third kappa shape index (κ3) is 3.58. The highest BCUT2D eigenvalue weighted by Crippen LogP contribution is 2.28. The molecule has 2 rings (SSSR count). The minimum absolute atomic E-state index is 0.116. The van der Waals surface area contributed by atoms with Gasteiger partial charge in [0.05, 0.1) is 13.3 Å². The maximum Gasteiger partial charge on any atom is 0.162 e.